The fraction of sp³-hybridized carbons (Fsp3) is 0.692. The average molecular weight is 234 g/mol. The van der Waals surface area contributed by atoms with E-state index < -0.39 is 0 Å². The molecule has 0 aliphatic heterocycles. The van der Waals surface area contributed by atoms with E-state index >= 15 is 0 Å². The van der Waals surface area contributed by atoms with Gasteiger partial charge in [0.2, 0.25) is 0 Å². The first-order chi connectivity index (χ1) is 8.17. The van der Waals surface area contributed by atoms with Crippen LogP contribution in [-0.4, -0.2) is 23.1 Å². The molecule has 0 saturated heterocycles. The highest BCUT2D eigenvalue weighted by Crippen LogP contribution is 2.48. The Kier molecular flexibility index (Phi) is 3.50. The predicted octanol–water partition coefficient (Wildman–Crippen LogP) is 2.82. The summed E-state index contributed by atoms with van der Waals surface area (Å²) in [4.78, 5) is 8.76. The lowest BCUT2D eigenvalue weighted by Gasteiger charge is -2.14. The van der Waals surface area contributed by atoms with Gasteiger partial charge in [-0.3, -0.25) is 0 Å². The standard InChI is InChI=1S/C13H22N4/c1-4-13(6-7-13)9-15-12-8-11(14-5-2)16-10(3)17-12/h8H,4-7,9H2,1-3H3,(H2,14,15,16,17). The maximum absolute atomic E-state index is 4.42. The molecule has 0 amide bonds. The molecule has 0 atom stereocenters. The van der Waals surface area contributed by atoms with Crippen molar-refractivity contribution < 1.29 is 0 Å². The summed E-state index contributed by atoms with van der Waals surface area (Å²) in [7, 11) is 0. The van der Waals surface area contributed by atoms with Gasteiger partial charge >= 0.3 is 0 Å². The van der Waals surface area contributed by atoms with Gasteiger partial charge < -0.3 is 10.6 Å². The molecule has 1 aliphatic rings. The molecule has 1 aliphatic carbocycles. The third-order valence-corrected chi connectivity index (χ3v) is 3.55. The Balaban J connectivity index is 2.00. The highest BCUT2D eigenvalue weighted by molar-refractivity contribution is 5.47. The largest absolute Gasteiger partial charge is 0.370 e. The molecule has 1 heterocycles. The van der Waals surface area contributed by atoms with Gasteiger partial charge in [0.1, 0.15) is 17.5 Å². The molecule has 0 bridgehead atoms. The van der Waals surface area contributed by atoms with Crippen LogP contribution in [0.3, 0.4) is 0 Å². The molecular weight excluding hydrogens is 212 g/mol. The minimum absolute atomic E-state index is 0.539. The fourth-order valence-corrected chi connectivity index (χ4v) is 2.04. The van der Waals surface area contributed by atoms with Gasteiger partial charge in [0.25, 0.3) is 0 Å². The van der Waals surface area contributed by atoms with Crippen LogP contribution in [0.2, 0.25) is 0 Å². The van der Waals surface area contributed by atoms with Gasteiger partial charge in [-0.2, -0.15) is 0 Å². The van der Waals surface area contributed by atoms with Gasteiger partial charge in [-0.1, -0.05) is 6.92 Å². The summed E-state index contributed by atoms with van der Waals surface area (Å²) in [5, 5.41) is 6.67. The van der Waals surface area contributed by atoms with Gasteiger partial charge in [-0.15, -0.1) is 0 Å². The zero-order valence-electron chi connectivity index (χ0n) is 11.0. The lowest BCUT2D eigenvalue weighted by atomic mass is 10.0. The second-order valence-electron chi connectivity index (χ2n) is 4.92. The first kappa shape index (κ1) is 12.1. The average Bonchev–Trinajstić information content (AvgIpc) is 3.07. The molecule has 0 spiro atoms. The van der Waals surface area contributed by atoms with E-state index in [-0.39, 0.29) is 0 Å². The van der Waals surface area contributed by atoms with E-state index in [2.05, 4.69) is 34.4 Å². The third-order valence-electron chi connectivity index (χ3n) is 3.55. The molecule has 1 saturated carbocycles. The number of hydrogen-bond donors (Lipinski definition) is 2. The van der Waals surface area contributed by atoms with Crippen molar-refractivity contribution in [3.8, 4) is 0 Å². The first-order valence-corrected chi connectivity index (χ1v) is 6.51. The number of aryl methyl sites for hydroxylation is 1. The molecule has 1 aromatic rings. The van der Waals surface area contributed by atoms with Crippen LogP contribution in [0.5, 0.6) is 0 Å². The second-order valence-corrected chi connectivity index (χ2v) is 4.92. The number of nitrogens with one attached hydrogen (secondary N) is 2. The Hall–Kier alpha value is -1.32. The van der Waals surface area contributed by atoms with Gasteiger partial charge in [-0.05, 0) is 38.5 Å². The van der Waals surface area contributed by atoms with Crippen molar-refractivity contribution in [2.24, 2.45) is 5.41 Å². The number of nitrogens with zero attached hydrogens (tertiary/aromatic N) is 2. The molecule has 0 radical (unpaired) electrons. The van der Waals surface area contributed by atoms with Crippen molar-refractivity contribution in [2.45, 2.75) is 40.0 Å². The van der Waals surface area contributed by atoms with Gasteiger partial charge in [-0.25, -0.2) is 9.97 Å². The van der Waals surface area contributed by atoms with Gasteiger partial charge in [0, 0.05) is 19.2 Å². The highest BCUT2D eigenvalue weighted by atomic mass is 15.1. The molecule has 4 heteroatoms. The SMILES string of the molecule is CCNc1cc(NCC2(CC)CC2)nc(C)n1. The quantitative estimate of drug-likeness (QED) is 0.794. The molecule has 2 N–H and O–H groups in total. The van der Waals surface area contributed by atoms with E-state index in [0.717, 1.165) is 30.5 Å². The van der Waals surface area contributed by atoms with Crippen molar-refractivity contribution in [3.63, 3.8) is 0 Å². The Morgan fingerprint density at radius 3 is 2.35 bits per heavy atom. The van der Waals surface area contributed by atoms with E-state index in [9.17, 15) is 0 Å². The molecule has 94 valence electrons. The Bertz CT molecular complexity index is 385. The number of anilines is 2. The van der Waals surface area contributed by atoms with E-state index in [1.54, 1.807) is 0 Å². The van der Waals surface area contributed by atoms with Crippen molar-refractivity contribution in [1.82, 2.24) is 9.97 Å². The van der Waals surface area contributed by atoms with Crippen molar-refractivity contribution in [2.75, 3.05) is 23.7 Å². The Morgan fingerprint density at radius 1 is 1.18 bits per heavy atom. The number of hydrogen-bond acceptors (Lipinski definition) is 4. The monoisotopic (exact) mass is 234 g/mol. The van der Waals surface area contributed by atoms with Crippen molar-refractivity contribution >= 4 is 11.6 Å². The molecule has 0 unspecified atom stereocenters. The summed E-state index contributed by atoms with van der Waals surface area (Å²) < 4.78 is 0. The lowest BCUT2D eigenvalue weighted by molar-refractivity contribution is 0.520. The van der Waals surface area contributed by atoms with E-state index in [1.165, 1.54) is 19.3 Å². The molecule has 17 heavy (non-hydrogen) atoms. The van der Waals surface area contributed by atoms with Crippen LogP contribution in [0.15, 0.2) is 6.07 Å². The molecule has 1 fully saturated rings. The van der Waals surface area contributed by atoms with E-state index in [1.807, 2.05) is 13.0 Å². The third kappa shape index (κ3) is 3.08. The number of rotatable bonds is 6. The van der Waals surface area contributed by atoms with Crippen LogP contribution in [-0.2, 0) is 0 Å². The van der Waals surface area contributed by atoms with Gasteiger partial charge in [0.15, 0.2) is 0 Å². The maximum atomic E-state index is 4.42. The van der Waals surface area contributed by atoms with Crippen LogP contribution in [0.4, 0.5) is 11.6 Å². The van der Waals surface area contributed by atoms with Gasteiger partial charge in [0.05, 0.1) is 0 Å². The van der Waals surface area contributed by atoms with Crippen molar-refractivity contribution in [3.05, 3.63) is 11.9 Å². The van der Waals surface area contributed by atoms with Crippen LogP contribution >= 0.6 is 0 Å². The van der Waals surface area contributed by atoms with Crippen LogP contribution in [0.1, 0.15) is 38.9 Å². The van der Waals surface area contributed by atoms with E-state index in [0.29, 0.717) is 5.41 Å². The first-order valence-electron chi connectivity index (χ1n) is 6.51. The maximum Gasteiger partial charge on any atom is 0.131 e. The van der Waals surface area contributed by atoms with Crippen LogP contribution in [0.25, 0.3) is 0 Å². The summed E-state index contributed by atoms with van der Waals surface area (Å²) in [5.74, 6) is 2.66. The molecule has 2 rings (SSSR count). The smallest absolute Gasteiger partial charge is 0.131 e. The number of aromatic nitrogens is 2. The topological polar surface area (TPSA) is 49.8 Å². The zero-order valence-corrected chi connectivity index (χ0v) is 11.0. The fourth-order valence-electron chi connectivity index (χ4n) is 2.04. The summed E-state index contributed by atoms with van der Waals surface area (Å²) in [5.41, 5.74) is 0.539. The summed E-state index contributed by atoms with van der Waals surface area (Å²) in [6.45, 7) is 8.18. The Labute approximate surface area is 103 Å². The lowest BCUT2D eigenvalue weighted by Crippen LogP contribution is -2.16. The minimum atomic E-state index is 0.539. The summed E-state index contributed by atoms with van der Waals surface area (Å²) in [6, 6.07) is 1.99. The van der Waals surface area contributed by atoms with E-state index in [4.69, 9.17) is 0 Å². The predicted molar refractivity (Wildman–Crippen MR) is 71.4 cm³/mol. The highest BCUT2D eigenvalue weighted by Gasteiger charge is 2.40. The second kappa shape index (κ2) is 4.90. The molecule has 4 nitrogen and oxygen atoms in total. The van der Waals surface area contributed by atoms with Crippen LogP contribution in [0, 0.1) is 12.3 Å². The normalized spacial score (nSPS) is 16.6. The van der Waals surface area contributed by atoms with Crippen molar-refractivity contribution in [1.29, 1.82) is 0 Å². The minimum Gasteiger partial charge on any atom is -0.370 e. The molecule has 1 aromatic heterocycles. The summed E-state index contributed by atoms with van der Waals surface area (Å²) >= 11 is 0. The van der Waals surface area contributed by atoms with Crippen LogP contribution < -0.4 is 10.6 Å². The molecule has 0 aromatic carbocycles. The summed E-state index contributed by atoms with van der Waals surface area (Å²) in [6.07, 6.45) is 3.95. The Morgan fingerprint density at radius 2 is 1.82 bits per heavy atom. The molecular formula is C13H22N4. The zero-order chi connectivity index (χ0) is 12.3.